The number of carboxylic acid groups (broad SMARTS) is 2. The number of carboxylic acids is 2. The SMILES string of the molecule is O=C(O)c1ccc2[nH]c(-c3ccc(Oc4ccc(Oc5ccc(-c6nc7cc(C(=O)O)ccc7[nH]6)cc5)cc4)cc3)nc2c1. The summed E-state index contributed by atoms with van der Waals surface area (Å²) in [6.07, 6.45) is 0. The molecule has 10 nitrogen and oxygen atoms in total. The fourth-order valence-electron chi connectivity index (χ4n) is 4.76. The molecule has 5 aromatic carbocycles. The number of aromatic amines is 2. The van der Waals surface area contributed by atoms with Crippen LogP contribution in [0.2, 0.25) is 0 Å². The van der Waals surface area contributed by atoms with Gasteiger partial charge in [0.05, 0.1) is 33.2 Å². The third kappa shape index (κ3) is 5.30. The molecule has 0 radical (unpaired) electrons. The number of H-pyrrole nitrogens is 2. The molecule has 2 aromatic heterocycles. The molecule has 0 spiro atoms. The number of fused-ring (bicyclic) bond motifs is 2. The van der Waals surface area contributed by atoms with E-state index in [-0.39, 0.29) is 11.1 Å². The summed E-state index contributed by atoms with van der Waals surface area (Å²) in [5.41, 5.74) is 4.74. The molecule has 214 valence electrons. The van der Waals surface area contributed by atoms with E-state index >= 15 is 0 Å². The number of carbonyl (C=O) groups is 2. The number of hydrogen-bond donors (Lipinski definition) is 4. The summed E-state index contributed by atoms with van der Waals surface area (Å²) in [5.74, 6) is 1.85. The van der Waals surface area contributed by atoms with E-state index in [9.17, 15) is 19.8 Å². The lowest BCUT2D eigenvalue weighted by Gasteiger charge is -2.09. The maximum atomic E-state index is 11.2. The van der Waals surface area contributed by atoms with Crippen LogP contribution in [0.1, 0.15) is 20.7 Å². The first-order valence-corrected chi connectivity index (χ1v) is 13.5. The lowest BCUT2D eigenvalue weighted by molar-refractivity contribution is 0.0686. The maximum Gasteiger partial charge on any atom is 0.335 e. The molecule has 0 saturated heterocycles. The van der Waals surface area contributed by atoms with Crippen LogP contribution in [-0.4, -0.2) is 42.1 Å². The van der Waals surface area contributed by atoms with Gasteiger partial charge in [-0.25, -0.2) is 19.6 Å². The highest BCUT2D eigenvalue weighted by molar-refractivity contribution is 5.93. The van der Waals surface area contributed by atoms with Gasteiger partial charge >= 0.3 is 11.9 Å². The fraction of sp³-hybridized carbons (Fsp3) is 0. The van der Waals surface area contributed by atoms with Crippen molar-refractivity contribution in [2.75, 3.05) is 0 Å². The zero-order valence-electron chi connectivity index (χ0n) is 22.8. The van der Waals surface area contributed by atoms with E-state index in [1.807, 2.05) is 72.8 Å². The summed E-state index contributed by atoms with van der Waals surface area (Å²) in [4.78, 5) is 38.0. The van der Waals surface area contributed by atoms with Crippen molar-refractivity contribution < 1.29 is 29.3 Å². The van der Waals surface area contributed by atoms with Crippen molar-refractivity contribution in [3.63, 3.8) is 0 Å². The molecular weight excluding hydrogens is 560 g/mol. The molecular formula is C34H22N4O6. The van der Waals surface area contributed by atoms with Crippen LogP contribution in [0.25, 0.3) is 44.8 Å². The van der Waals surface area contributed by atoms with Gasteiger partial charge < -0.3 is 29.7 Å². The number of benzene rings is 5. The Hall–Kier alpha value is -6.42. The van der Waals surface area contributed by atoms with Crippen molar-refractivity contribution in [1.82, 2.24) is 19.9 Å². The molecule has 0 bridgehead atoms. The molecule has 0 saturated carbocycles. The van der Waals surface area contributed by atoms with Crippen LogP contribution in [0.15, 0.2) is 109 Å². The van der Waals surface area contributed by atoms with Crippen molar-refractivity contribution in [2.24, 2.45) is 0 Å². The first-order chi connectivity index (χ1) is 21.4. The Kier molecular flexibility index (Phi) is 6.48. The Morgan fingerprint density at radius 2 is 0.841 bits per heavy atom. The minimum Gasteiger partial charge on any atom is -0.478 e. The predicted octanol–water partition coefficient (Wildman–Crippen LogP) is 7.75. The molecule has 0 aliphatic heterocycles. The molecule has 7 aromatic rings. The number of nitrogens with one attached hydrogen (secondary N) is 2. The van der Waals surface area contributed by atoms with E-state index in [4.69, 9.17) is 9.47 Å². The Balaban J connectivity index is 0.989. The van der Waals surface area contributed by atoms with Crippen LogP contribution in [0.5, 0.6) is 23.0 Å². The number of nitrogens with zero attached hydrogens (tertiary/aromatic N) is 2. The second-order valence-corrected chi connectivity index (χ2v) is 9.97. The van der Waals surface area contributed by atoms with Crippen LogP contribution in [0, 0.1) is 0 Å². The van der Waals surface area contributed by atoms with E-state index in [1.165, 1.54) is 0 Å². The van der Waals surface area contributed by atoms with Crippen LogP contribution in [-0.2, 0) is 0 Å². The van der Waals surface area contributed by atoms with Gasteiger partial charge in [0.15, 0.2) is 0 Å². The average Bonchev–Trinajstić information content (AvgIpc) is 3.66. The summed E-state index contributed by atoms with van der Waals surface area (Å²) in [7, 11) is 0. The van der Waals surface area contributed by atoms with Gasteiger partial charge in [-0.1, -0.05) is 0 Å². The predicted molar refractivity (Wildman–Crippen MR) is 164 cm³/mol. The minimum atomic E-state index is -0.993. The third-order valence-corrected chi connectivity index (χ3v) is 7.01. The lowest BCUT2D eigenvalue weighted by atomic mass is 10.2. The van der Waals surface area contributed by atoms with Crippen LogP contribution in [0.3, 0.4) is 0 Å². The molecule has 0 fully saturated rings. The summed E-state index contributed by atoms with van der Waals surface area (Å²) < 4.78 is 12.0. The minimum absolute atomic E-state index is 0.188. The van der Waals surface area contributed by atoms with Gasteiger partial charge in [-0.15, -0.1) is 0 Å². The first kappa shape index (κ1) is 26.5. The molecule has 44 heavy (non-hydrogen) atoms. The normalized spacial score (nSPS) is 11.1. The number of aromatic carboxylic acids is 2. The molecule has 4 N–H and O–H groups in total. The molecule has 0 aliphatic carbocycles. The maximum absolute atomic E-state index is 11.2. The summed E-state index contributed by atoms with van der Waals surface area (Å²) >= 11 is 0. The van der Waals surface area contributed by atoms with E-state index in [0.717, 1.165) is 22.2 Å². The third-order valence-electron chi connectivity index (χ3n) is 7.01. The lowest BCUT2D eigenvalue weighted by Crippen LogP contribution is -1.94. The molecule has 0 amide bonds. The highest BCUT2D eigenvalue weighted by atomic mass is 16.5. The molecule has 0 aliphatic rings. The van der Waals surface area contributed by atoms with Gasteiger partial charge in [-0.2, -0.15) is 0 Å². The molecule has 0 atom stereocenters. The van der Waals surface area contributed by atoms with Crippen molar-refractivity contribution in [1.29, 1.82) is 0 Å². The standard InChI is InChI=1S/C34H22N4O6/c39-33(40)21-5-15-27-29(17-21)37-31(35-27)19-1-7-23(8-2-19)43-25-11-13-26(14-12-25)44-24-9-3-20(4-10-24)32-36-28-16-6-22(34(41)42)18-30(28)38-32/h1-18H,(H,35,37)(H,36,38)(H,39,40)(H,41,42). The molecule has 10 heteroatoms. The number of aromatic nitrogens is 4. The zero-order chi connectivity index (χ0) is 30.2. The topological polar surface area (TPSA) is 150 Å². The fourth-order valence-corrected chi connectivity index (χ4v) is 4.76. The number of imidazole rings is 2. The Morgan fingerprint density at radius 3 is 1.18 bits per heavy atom. The van der Waals surface area contributed by atoms with E-state index in [0.29, 0.717) is 45.7 Å². The number of rotatable bonds is 8. The summed E-state index contributed by atoms with van der Waals surface area (Å²) in [5, 5.41) is 18.4. The van der Waals surface area contributed by atoms with Crippen LogP contribution >= 0.6 is 0 Å². The highest BCUT2D eigenvalue weighted by Gasteiger charge is 2.11. The average molecular weight is 583 g/mol. The van der Waals surface area contributed by atoms with Gasteiger partial charge in [0.1, 0.15) is 34.6 Å². The molecule has 2 heterocycles. The highest BCUT2D eigenvalue weighted by Crippen LogP contribution is 2.30. The van der Waals surface area contributed by atoms with Gasteiger partial charge in [0, 0.05) is 11.1 Å². The molecule has 0 unspecified atom stereocenters. The van der Waals surface area contributed by atoms with Gasteiger partial charge in [-0.3, -0.25) is 0 Å². The quantitative estimate of drug-likeness (QED) is 0.142. The smallest absolute Gasteiger partial charge is 0.335 e. The van der Waals surface area contributed by atoms with Crippen LogP contribution < -0.4 is 9.47 Å². The van der Waals surface area contributed by atoms with Crippen molar-refractivity contribution in [2.45, 2.75) is 0 Å². The molecule has 7 rings (SSSR count). The van der Waals surface area contributed by atoms with Crippen molar-refractivity contribution in [3.8, 4) is 45.8 Å². The Bertz CT molecular complexity index is 2010. The van der Waals surface area contributed by atoms with E-state index < -0.39 is 11.9 Å². The summed E-state index contributed by atoms with van der Waals surface area (Å²) in [6.45, 7) is 0. The number of hydrogen-bond acceptors (Lipinski definition) is 6. The van der Waals surface area contributed by atoms with E-state index in [1.54, 1.807) is 36.4 Å². The zero-order valence-corrected chi connectivity index (χ0v) is 22.8. The van der Waals surface area contributed by atoms with Gasteiger partial charge in [-0.05, 0) is 109 Å². The van der Waals surface area contributed by atoms with Gasteiger partial charge in [0.2, 0.25) is 0 Å². The van der Waals surface area contributed by atoms with Gasteiger partial charge in [0.25, 0.3) is 0 Å². The second kappa shape index (κ2) is 10.8. The van der Waals surface area contributed by atoms with Crippen molar-refractivity contribution in [3.05, 3.63) is 120 Å². The van der Waals surface area contributed by atoms with E-state index in [2.05, 4.69) is 19.9 Å². The Morgan fingerprint density at radius 1 is 0.500 bits per heavy atom. The number of ether oxygens (including phenoxy) is 2. The van der Waals surface area contributed by atoms with Crippen molar-refractivity contribution >= 4 is 34.0 Å². The first-order valence-electron chi connectivity index (χ1n) is 13.5. The Labute approximate surface area is 249 Å². The largest absolute Gasteiger partial charge is 0.478 e. The second-order valence-electron chi connectivity index (χ2n) is 9.97. The summed E-state index contributed by atoms with van der Waals surface area (Å²) in [6, 6.07) is 31.7. The van der Waals surface area contributed by atoms with Crippen LogP contribution in [0.4, 0.5) is 0 Å². The monoisotopic (exact) mass is 582 g/mol.